The lowest BCUT2D eigenvalue weighted by molar-refractivity contribution is -0.120. The summed E-state index contributed by atoms with van der Waals surface area (Å²) in [7, 11) is 0. The molecule has 2 heterocycles. The Morgan fingerprint density at radius 3 is 2.47 bits per heavy atom. The van der Waals surface area contributed by atoms with Gasteiger partial charge in [-0.3, -0.25) is 9.59 Å². The van der Waals surface area contributed by atoms with E-state index >= 15 is 0 Å². The van der Waals surface area contributed by atoms with Crippen LogP contribution in [-0.2, 0) is 11.2 Å². The summed E-state index contributed by atoms with van der Waals surface area (Å²) in [6.45, 7) is 7.51. The van der Waals surface area contributed by atoms with Crippen LogP contribution in [0.1, 0.15) is 36.5 Å². The Morgan fingerprint density at radius 1 is 1.06 bits per heavy atom. The molecule has 6 heteroatoms. The van der Waals surface area contributed by atoms with E-state index in [1.54, 1.807) is 12.1 Å². The molecule has 2 aromatic carbocycles. The minimum atomic E-state index is -0.167. The van der Waals surface area contributed by atoms with Crippen molar-refractivity contribution in [3.05, 3.63) is 81.6 Å². The summed E-state index contributed by atoms with van der Waals surface area (Å²) in [5.74, 6) is 0.623. The van der Waals surface area contributed by atoms with Crippen molar-refractivity contribution in [3.8, 4) is 5.69 Å². The number of rotatable bonds is 5. The fraction of sp³-hybridized carbons (Fsp3) is 0.346. The molecular formula is C26H30N4O2. The van der Waals surface area contributed by atoms with Gasteiger partial charge in [-0.1, -0.05) is 37.3 Å². The summed E-state index contributed by atoms with van der Waals surface area (Å²) in [5, 5.41) is 7.76. The Balaban J connectivity index is 1.53. The van der Waals surface area contributed by atoms with Gasteiger partial charge in [0.1, 0.15) is 5.82 Å². The first kappa shape index (κ1) is 21.8. The second kappa shape index (κ2) is 9.39. The normalized spacial score (nSPS) is 16.1. The molecule has 1 atom stereocenters. The maximum absolute atomic E-state index is 13.0. The third-order valence-electron chi connectivity index (χ3n) is 6.22. The maximum Gasteiger partial charge on any atom is 0.271 e. The number of para-hydroxylation sites is 1. The number of carbonyl (C=O) groups is 1. The Labute approximate surface area is 188 Å². The molecule has 1 unspecified atom stereocenters. The number of nitrogens with one attached hydrogen (secondary N) is 1. The molecule has 1 aliphatic heterocycles. The molecule has 1 aliphatic rings. The first-order chi connectivity index (χ1) is 15.5. The van der Waals surface area contributed by atoms with Gasteiger partial charge < -0.3 is 10.2 Å². The van der Waals surface area contributed by atoms with E-state index < -0.39 is 0 Å². The molecule has 1 aromatic heterocycles. The average Bonchev–Trinajstić information content (AvgIpc) is 2.82. The van der Waals surface area contributed by atoms with Gasteiger partial charge in [0.25, 0.3) is 5.56 Å². The molecule has 3 aromatic rings. The highest BCUT2D eigenvalue weighted by molar-refractivity contribution is 5.94. The van der Waals surface area contributed by atoms with Crippen LogP contribution in [0.2, 0.25) is 0 Å². The first-order valence-corrected chi connectivity index (χ1v) is 11.3. The molecular weight excluding hydrogens is 400 g/mol. The van der Waals surface area contributed by atoms with Gasteiger partial charge in [-0.05, 0) is 68.0 Å². The van der Waals surface area contributed by atoms with Gasteiger partial charge in [-0.2, -0.15) is 4.68 Å². The monoisotopic (exact) mass is 430 g/mol. The highest BCUT2D eigenvalue weighted by Crippen LogP contribution is 2.25. The summed E-state index contributed by atoms with van der Waals surface area (Å²) in [4.78, 5) is 27.6. The predicted octanol–water partition coefficient (Wildman–Crippen LogP) is 4.27. The number of carbonyl (C=O) groups excluding carboxylic acids is 1. The maximum atomic E-state index is 13.0. The van der Waals surface area contributed by atoms with E-state index in [1.165, 1.54) is 10.2 Å². The number of hydrogen-bond donors (Lipinski definition) is 1. The van der Waals surface area contributed by atoms with E-state index in [0.717, 1.165) is 48.3 Å². The van der Waals surface area contributed by atoms with E-state index in [1.807, 2.05) is 56.3 Å². The van der Waals surface area contributed by atoms with Crippen molar-refractivity contribution in [2.24, 2.45) is 5.92 Å². The van der Waals surface area contributed by atoms with Crippen molar-refractivity contribution >= 4 is 17.4 Å². The summed E-state index contributed by atoms with van der Waals surface area (Å²) < 4.78 is 1.44. The summed E-state index contributed by atoms with van der Waals surface area (Å²) in [5.41, 5.74) is 4.82. The highest BCUT2D eigenvalue weighted by atomic mass is 16.2. The van der Waals surface area contributed by atoms with E-state index in [4.69, 9.17) is 0 Å². The fourth-order valence-electron chi connectivity index (χ4n) is 4.26. The molecule has 0 radical (unpaired) electrons. The molecule has 166 valence electrons. The van der Waals surface area contributed by atoms with Crippen LogP contribution >= 0.6 is 0 Å². The third kappa shape index (κ3) is 4.59. The highest BCUT2D eigenvalue weighted by Gasteiger charge is 2.27. The van der Waals surface area contributed by atoms with Gasteiger partial charge >= 0.3 is 0 Å². The van der Waals surface area contributed by atoms with Crippen LogP contribution in [0.15, 0.2) is 59.4 Å². The summed E-state index contributed by atoms with van der Waals surface area (Å²) in [6.07, 6.45) is 2.68. The number of aryl methyl sites for hydroxylation is 3. The van der Waals surface area contributed by atoms with Gasteiger partial charge in [0, 0.05) is 24.8 Å². The van der Waals surface area contributed by atoms with E-state index in [0.29, 0.717) is 12.4 Å². The summed E-state index contributed by atoms with van der Waals surface area (Å²) >= 11 is 0. The van der Waals surface area contributed by atoms with Crippen molar-refractivity contribution in [2.75, 3.05) is 23.3 Å². The Morgan fingerprint density at radius 2 is 1.78 bits per heavy atom. The van der Waals surface area contributed by atoms with Crippen LogP contribution in [0.5, 0.6) is 0 Å². The lowest BCUT2D eigenvalue weighted by Crippen LogP contribution is -2.42. The van der Waals surface area contributed by atoms with E-state index in [2.05, 4.69) is 22.2 Å². The van der Waals surface area contributed by atoms with Crippen molar-refractivity contribution in [1.29, 1.82) is 0 Å². The van der Waals surface area contributed by atoms with Crippen LogP contribution in [-0.4, -0.2) is 28.8 Å². The molecule has 32 heavy (non-hydrogen) atoms. The third-order valence-corrected chi connectivity index (χ3v) is 6.22. The molecule has 0 saturated carbocycles. The number of nitrogens with zero attached hydrogens (tertiary/aromatic N) is 3. The lowest BCUT2D eigenvalue weighted by Gasteiger charge is -2.33. The molecule has 1 N–H and O–H groups in total. The van der Waals surface area contributed by atoms with Crippen molar-refractivity contribution in [2.45, 2.75) is 40.0 Å². The van der Waals surface area contributed by atoms with Crippen LogP contribution in [0.4, 0.5) is 11.5 Å². The number of aromatic nitrogens is 2. The Hall–Kier alpha value is -3.41. The molecule has 1 saturated heterocycles. The smallest absolute Gasteiger partial charge is 0.271 e. The average molecular weight is 431 g/mol. The Bertz CT molecular complexity index is 1150. The van der Waals surface area contributed by atoms with Crippen LogP contribution < -0.4 is 15.8 Å². The van der Waals surface area contributed by atoms with E-state index in [9.17, 15) is 9.59 Å². The van der Waals surface area contributed by atoms with Gasteiger partial charge in [-0.25, -0.2) is 0 Å². The number of hydrogen-bond acceptors (Lipinski definition) is 4. The number of amides is 1. The molecule has 1 fully saturated rings. The molecule has 0 bridgehead atoms. The molecule has 6 nitrogen and oxygen atoms in total. The minimum absolute atomic E-state index is 0.0376. The quantitative estimate of drug-likeness (QED) is 0.657. The van der Waals surface area contributed by atoms with Gasteiger partial charge in [0.05, 0.1) is 11.6 Å². The van der Waals surface area contributed by atoms with Gasteiger partial charge in [-0.15, -0.1) is 5.10 Å². The van der Waals surface area contributed by atoms with Crippen LogP contribution in [0.3, 0.4) is 0 Å². The zero-order valence-electron chi connectivity index (χ0n) is 19.0. The predicted molar refractivity (Wildman–Crippen MR) is 129 cm³/mol. The molecule has 4 rings (SSSR count). The molecule has 1 amide bonds. The minimum Gasteiger partial charge on any atom is -0.354 e. The fourth-order valence-corrected chi connectivity index (χ4v) is 4.26. The second-order valence-electron chi connectivity index (χ2n) is 8.50. The van der Waals surface area contributed by atoms with Crippen molar-refractivity contribution in [1.82, 2.24) is 9.78 Å². The van der Waals surface area contributed by atoms with Gasteiger partial charge in [0.2, 0.25) is 5.91 Å². The van der Waals surface area contributed by atoms with Crippen molar-refractivity contribution in [3.63, 3.8) is 0 Å². The van der Waals surface area contributed by atoms with Gasteiger partial charge in [0.15, 0.2) is 0 Å². The van der Waals surface area contributed by atoms with Crippen molar-refractivity contribution < 1.29 is 4.79 Å². The number of piperidine rings is 1. The zero-order chi connectivity index (χ0) is 22.7. The first-order valence-electron chi connectivity index (χ1n) is 11.3. The zero-order valence-corrected chi connectivity index (χ0v) is 19.0. The SMILES string of the molecule is CCc1ccc(-n2nc(N3CCCC(C(=O)Nc4c(C)cccc4C)C3)ccc2=O)cc1. The second-order valence-corrected chi connectivity index (χ2v) is 8.50. The lowest BCUT2D eigenvalue weighted by atomic mass is 9.96. The molecule has 0 aliphatic carbocycles. The largest absolute Gasteiger partial charge is 0.354 e. The van der Waals surface area contributed by atoms with E-state index in [-0.39, 0.29) is 17.4 Å². The summed E-state index contributed by atoms with van der Waals surface area (Å²) in [6, 6.07) is 17.2. The number of benzene rings is 2. The van der Waals surface area contributed by atoms with Crippen LogP contribution in [0, 0.1) is 19.8 Å². The standard InChI is InChI=1S/C26H30N4O2/c1-4-20-10-12-22(13-11-20)30-24(31)15-14-23(28-30)29-16-6-9-21(17-29)26(32)27-25-18(2)7-5-8-19(25)3/h5,7-8,10-15,21H,4,6,9,16-17H2,1-3H3,(H,27,32). The Kier molecular flexibility index (Phi) is 6.40. The number of anilines is 2. The molecule has 0 spiro atoms. The topological polar surface area (TPSA) is 67.2 Å². The van der Waals surface area contributed by atoms with Crippen LogP contribution in [0.25, 0.3) is 5.69 Å².